The average Bonchev–Trinajstić information content (AvgIpc) is 2.74. The number of anilines is 2. The van der Waals surface area contributed by atoms with Crippen molar-refractivity contribution in [3.63, 3.8) is 0 Å². The van der Waals surface area contributed by atoms with Crippen LogP contribution in [0, 0.1) is 6.92 Å². The van der Waals surface area contributed by atoms with E-state index in [9.17, 15) is 0 Å². The van der Waals surface area contributed by atoms with Crippen molar-refractivity contribution in [1.82, 2.24) is 19.9 Å². The highest BCUT2D eigenvalue weighted by molar-refractivity contribution is 5.91. The molecule has 0 spiro atoms. The average molecular weight is 386 g/mol. The van der Waals surface area contributed by atoms with Gasteiger partial charge < -0.3 is 15.8 Å². The summed E-state index contributed by atoms with van der Waals surface area (Å²) in [6, 6.07) is 13.7. The van der Waals surface area contributed by atoms with Crippen LogP contribution in [0.4, 0.5) is 11.5 Å². The van der Waals surface area contributed by atoms with Crippen LogP contribution in [0.1, 0.15) is 17.0 Å². The first-order valence-corrected chi connectivity index (χ1v) is 9.41. The fourth-order valence-corrected chi connectivity index (χ4v) is 2.94. The second-order valence-electron chi connectivity index (χ2n) is 6.76. The van der Waals surface area contributed by atoms with Crippen LogP contribution in [0.2, 0.25) is 0 Å². The van der Waals surface area contributed by atoms with E-state index in [1.807, 2.05) is 37.3 Å². The van der Waals surface area contributed by atoms with E-state index in [1.54, 1.807) is 18.7 Å². The third-order valence-corrected chi connectivity index (χ3v) is 4.51. The lowest BCUT2D eigenvalue weighted by Crippen LogP contribution is -2.07. The van der Waals surface area contributed by atoms with Gasteiger partial charge in [0.2, 0.25) is 0 Å². The number of aryl methyl sites for hydroxylation is 1. The Kier molecular flexibility index (Phi) is 5.47. The standard InChI is InChI=1S/C22H22N6O/c1-15-11-26-18(12-25-15)13-29-19-5-2-16(3-6-19)8-9-24-22-20-10-17(23)4-7-21(20)27-14-28-22/h2-7,10-12,14H,8-9,13,23H2,1H3,(H,24,27,28). The number of rotatable bonds is 7. The number of benzene rings is 2. The molecule has 7 heteroatoms. The van der Waals surface area contributed by atoms with Crippen molar-refractivity contribution in [2.24, 2.45) is 0 Å². The van der Waals surface area contributed by atoms with Crippen LogP contribution in [0.25, 0.3) is 10.9 Å². The van der Waals surface area contributed by atoms with Crippen LogP contribution in [0.5, 0.6) is 5.75 Å². The predicted molar refractivity (Wildman–Crippen MR) is 114 cm³/mol. The molecule has 0 radical (unpaired) electrons. The molecular weight excluding hydrogens is 364 g/mol. The summed E-state index contributed by atoms with van der Waals surface area (Å²) in [5.41, 5.74) is 10.4. The first kappa shape index (κ1) is 18.6. The number of aromatic nitrogens is 4. The SMILES string of the molecule is Cc1cnc(COc2ccc(CCNc3ncnc4ccc(N)cc34)cc2)cn1. The summed E-state index contributed by atoms with van der Waals surface area (Å²) in [4.78, 5) is 17.1. The molecule has 2 heterocycles. The van der Waals surface area contributed by atoms with Crippen molar-refractivity contribution in [3.05, 3.63) is 78.1 Å². The van der Waals surface area contributed by atoms with Crippen molar-refractivity contribution in [1.29, 1.82) is 0 Å². The van der Waals surface area contributed by atoms with Gasteiger partial charge in [0.05, 0.1) is 23.1 Å². The van der Waals surface area contributed by atoms with Gasteiger partial charge in [-0.15, -0.1) is 0 Å². The van der Waals surface area contributed by atoms with E-state index in [0.29, 0.717) is 12.3 Å². The van der Waals surface area contributed by atoms with Crippen LogP contribution in [0.3, 0.4) is 0 Å². The number of hydrogen-bond donors (Lipinski definition) is 2. The van der Waals surface area contributed by atoms with Gasteiger partial charge in [-0.1, -0.05) is 12.1 Å². The molecule has 0 atom stereocenters. The number of hydrogen-bond acceptors (Lipinski definition) is 7. The maximum absolute atomic E-state index is 5.89. The molecule has 0 unspecified atom stereocenters. The summed E-state index contributed by atoms with van der Waals surface area (Å²) in [6.45, 7) is 3.06. The minimum atomic E-state index is 0.401. The molecule has 2 aromatic carbocycles. The summed E-state index contributed by atoms with van der Waals surface area (Å²) in [6.07, 6.45) is 5.90. The van der Waals surface area contributed by atoms with E-state index >= 15 is 0 Å². The Morgan fingerprint density at radius 2 is 1.83 bits per heavy atom. The molecule has 0 saturated heterocycles. The molecule has 0 aliphatic rings. The fourth-order valence-electron chi connectivity index (χ4n) is 2.94. The molecule has 2 aromatic heterocycles. The van der Waals surface area contributed by atoms with Crippen LogP contribution in [-0.4, -0.2) is 26.5 Å². The minimum Gasteiger partial charge on any atom is -0.487 e. The van der Waals surface area contributed by atoms with Crippen LogP contribution in [0.15, 0.2) is 61.2 Å². The highest BCUT2D eigenvalue weighted by atomic mass is 16.5. The number of nitrogens with two attached hydrogens (primary N) is 1. The summed E-state index contributed by atoms with van der Waals surface area (Å²) in [5.74, 6) is 1.60. The summed E-state index contributed by atoms with van der Waals surface area (Å²) >= 11 is 0. The van der Waals surface area contributed by atoms with Crippen molar-refractivity contribution in [2.75, 3.05) is 17.6 Å². The van der Waals surface area contributed by atoms with Crippen molar-refractivity contribution < 1.29 is 4.74 Å². The molecule has 29 heavy (non-hydrogen) atoms. The van der Waals surface area contributed by atoms with Gasteiger partial charge >= 0.3 is 0 Å². The molecule has 146 valence electrons. The van der Waals surface area contributed by atoms with E-state index in [2.05, 4.69) is 37.4 Å². The zero-order valence-corrected chi connectivity index (χ0v) is 16.2. The van der Waals surface area contributed by atoms with Gasteiger partial charge in [-0.3, -0.25) is 9.97 Å². The van der Waals surface area contributed by atoms with Crippen LogP contribution in [-0.2, 0) is 13.0 Å². The Morgan fingerprint density at radius 1 is 0.966 bits per heavy atom. The van der Waals surface area contributed by atoms with Gasteiger partial charge in [-0.05, 0) is 49.2 Å². The quantitative estimate of drug-likeness (QED) is 0.469. The predicted octanol–water partition coefficient (Wildman–Crippen LogP) is 3.54. The van der Waals surface area contributed by atoms with Gasteiger partial charge in [-0.2, -0.15) is 0 Å². The van der Waals surface area contributed by atoms with Crippen LogP contribution < -0.4 is 15.8 Å². The van der Waals surface area contributed by atoms with Crippen molar-refractivity contribution >= 4 is 22.4 Å². The number of ether oxygens (including phenoxy) is 1. The van der Waals surface area contributed by atoms with E-state index in [4.69, 9.17) is 10.5 Å². The highest BCUT2D eigenvalue weighted by Crippen LogP contribution is 2.21. The van der Waals surface area contributed by atoms with Gasteiger partial charge in [0.1, 0.15) is 24.5 Å². The summed E-state index contributed by atoms with van der Waals surface area (Å²) in [5, 5.41) is 4.30. The number of fused-ring (bicyclic) bond motifs is 1. The molecule has 0 amide bonds. The lowest BCUT2D eigenvalue weighted by atomic mass is 10.1. The van der Waals surface area contributed by atoms with E-state index in [-0.39, 0.29) is 0 Å². The lowest BCUT2D eigenvalue weighted by molar-refractivity contribution is 0.300. The number of nitrogens with one attached hydrogen (secondary N) is 1. The largest absolute Gasteiger partial charge is 0.487 e. The smallest absolute Gasteiger partial charge is 0.137 e. The second kappa shape index (κ2) is 8.52. The summed E-state index contributed by atoms with van der Waals surface area (Å²) < 4.78 is 5.77. The molecule has 4 aromatic rings. The number of nitrogen functional groups attached to an aromatic ring is 1. The van der Waals surface area contributed by atoms with Crippen molar-refractivity contribution in [2.45, 2.75) is 20.0 Å². The normalized spacial score (nSPS) is 10.8. The zero-order chi connectivity index (χ0) is 20.1. The Morgan fingerprint density at radius 3 is 2.62 bits per heavy atom. The molecule has 4 rings (SSSR count). The third kappa shape index (κ3) is 4.76. The monoisotopic (exact) mass is 386 g/mol. The second-order valence-corrected chi connectivity index (χ2v) is 6.76. The lowest BCUT2D eigenvalue weighted by Gasteiger charge is -2.10. The maximum atomic E-state index is 5.89. The minimum absolute atomic E-state index is 0.401. The molecule has 0 aliphatic carbocycles. The third-order valence-electron chi connectivity index (χ3n) is 4.51. The Balaban J connectivity index is 1.31. The molecule has 7 nitrogen and oxygen atoms in total. The van der Waals surface area contributed by atoms with Crippen LogP contribution >= 0.6 is 0 Å². The van der Waals surface area contributed by atoms with E-state index in [0.717, 1.165) is 46.8 Å². The Bertz CT molecular complexity index is 1100. The molecule has 0 fully saturated rings. The molecule has 0 bridgehead atoms. The zero-order valence-electron chi connectivity index (χ0n) is 16.2. The van der Waals surface area contributed by atoms with Gasteiger partial charge in [-0.25, -0.2) is 9.97 Å². The fraction of sp³-hybridized carbons (Fsp3) is 0.182. The van der Waals surface area contributed by atoms with Crippen molar-refractivity contribution in [3.8, 4) is 5.75 Å². The topological polar surface area (TPSA) is 98.8 Å². The van der Waals surface area contributed by atoms with Gasteiger partial charge in [0.15, 0.2) is 0 Å². The van der Waals surface area contributed by atoms with E-state index < -0.39 is 0 Å². The highest BCUT2D eigenvalue weighted by Gasteiger charge is 2.04. The summed E-state index contributed by atoms with van der Waals surface area (Å²) in [7, 11) is 0. The Hall–Kier alpha value is -3.74. The molecule has 0 aliphatic heterocycles. The van der Waals surface area contributed by atoms with Gasteiger partial charge in [0, 0.05) is 23.8 Å². The molecule has 3 N–H and O–H groups in total. The Labute approximate surface area is 169 Å². The maximum Gasteiger partial charge on any atom is 0.137 e. The van der Waals surface area contributed by atoms with E-state index in [1.165, 1.54) is 5.56 Å². The number of nitrogens with zero attached hydrogens (tertiary/aromatic N) is 4. The molecular formula is C22H22N6O. The first-order valence-electron chi connectivity index (χ1n) is 9.41. The molecule has 0 saturated carbocycles. The van der Waals surface area contributed by atoms with Gasteiger partial charge in [0.25, 0.3) is 0 Å². The first-order chi connectivity index (χ1) is 14.2.